The highest BCUT2D eigenvalue weighted by atomic mass is 32.2. The van der Waals surface area contributed by atoms with Crippen molar-refractivity contribution in [2.75, 3.05) is 37.6 Å². The Hall–Kier alpha value is -3.34. The fraction of sp³-hybridized carbons (Fsp3) is 0.286. The minimum atomic E-state index is -0.175. The van der Waals surface area contributed by atoms with E-state index in [4.69, 9.17) is 0 Å². The van der Waals surface area contributed by atoms with Gasteiger partial charge in [-0.15, -0.1) is 0 Å². The van der Waals surface area contributed by atoms with E-state index in [1.54, 1.807) is 24.4 Å². The fourth-order valence-corrected chi connectivity index (χ4v) is 5.46. The Morgan fingerprint density at radius 2 is 1.86 bits per heavy atom. The molecule has 35 heavy (non-hydrogen) atoms. The minimum absolute atomic E-state index is 0.175. The molecule has 0 spiro atoms. The molecule has 0 unspecified atom stereocenters. The highest BCUT2D eigenvalue weighted by molar-refractivity contribution is 7.99. The van der Waals surface area contributed by atoms with Crippen molar-refractivity contribution in [1.82, 2.24) is 14.9 Å². The van der Waals surface area contributed by atoms with E-state index in [9.17, 15) is 9.65 Å². The Labute approximate surface area is 209 Å². The number of nitrogens with one attached hydrogen (secondary N) is 1. The monoisotopic (exact) mass is 485 g/mol. The molecule has 1 aliphatic heterocycles. The van der Waals surface area contributed by atoms with Gasteiger partial charge in [-0.3, -0.25) is 4.90 Å². The number of halogens is 1. The molecule has 5 nitrogen and oxygen atoms in total. The second-order valence-electron chi connectivity index (χ2n) is 8.85. The molecule has 1 aliphatic rings. The van der Waals surface area contributed by atoms with Crippen molar-refractivity contribution in [3.05, 3.63) is 83.9 Å². The number of fused-ring (bicyclic) bond motifs is 1. The Morgan fingerprint density at radius 3 is 2.66 bits per heavy atom. The van der Waals surface area contributed by atoms with Gasteiger partial charge in [0.05, 0.1) is 5.56 Å². The van der Waals surface area contributed by atoms with Gasteiger partial charge in [-0.25, -0.2) is 9.37 Å². The summed E-state index contributed by atoms with van der Waals surface area (Å²) in [5.41, 5.74) is 4.06. The number of aryl methyl sites for hydroxylation is 1. The molecule has 7 heteroatoms. The molecule has 178 valence electrons. The lowest BCUT2D eigenvalue weighted by molar-refractivity contribution is 0.253. The average Bonchev–Trinajstić information content (AvgIpc) is 3.30. The molecular formula is C28H28FN5S. The number of pyridine rings is 1. The van der Waals surface area contributed by atoms with E-state index in [1.165, 1.54) is 29.1 Å². The van der Waals surface area contributed by atoms with E-state index < -0.39 is 0 Å². The summed E-state index contributed by atoms with van der Waals surface area (Å²) in [5, 5.41) is 11.0. The lowest BCUT2D eigenvalue weighted by Crippen LogP contribution is -2.46. The predicted octanol–water partition coefficient (Wildman–Crippen LogP) is 5.87. The van der Waals surface area contributed by atoms with Crippen LogP contribution in [0.2, 0.25) is 0 Å². The first-order valence-corrected chi connectivity index (χ1v) is 12.9. The van der Waals surface area contributed by atoms with Gasteiger partial charge in [-0.1, -0.05) is 11.8 Å². The lowest BCUT2D eigenvalue weighted by Gasteiger charge is -2.36. The Balaban J connectivity index is 1.06. The number of aromatic amines is 1. The molecule has 3 heterocycles. The highest BCUT2D eigenvalue weighted by Gasteiger charge is 2.17. The summed E-state index contributed by atoms with van der Waals surface area (Å²) < 4.78 is 13.6. The number of H-pyrrole nitrogens is 1. The molecule has 2 aromatic heterocycles. The fourth-order valence-electron chi connectivity index (χ4n) is 4.63. The van der Waals surface area contributed by atoms with Gasteiger partial charge in [0.15, 0.2) is 0 Å². The number of aromatic nitrogens is 2. The van der Waals surface area contributed by atoms with Crippen LogP contribution >= 0.6 is 11.8 Å². The molecule has 1 fully saturated rings. The molecule has 1 saturated heterocycles. The first-order chi connectivity index (χ1) is 17.2. The predicted molar refractivity (Wildman–Crippen MR) is 139 cm³/mol. The molecule has 1 N–H and O–H groups in total. The van der Waals surface area contributed by atoms with E-state index in [2.05, 4.69) is 50.1 Å². The number of unbranched alkanes of at least 4 members (excludes halogenated alkanes) is 1. The Bertz CT molecular complexity index is 1320. The van der Waals surface area contributed by atoms with E-state index in [-0.39, 0.29) is 5.82 Å². The van der Waals surface area contributed by atoms with E-state index in [1.807, 2.05) is 12.3 Å². The third kappa shape index (κ3) is 5.67. The molecule has 2 aromatic carbocycles. The first kappa shape index (κ1) is 23.4. The molecular weight excluding hydrogens is 457 g/mol. The van der Waals surface area contributed by atoms with Gasteiger partial charge < -0.3 is 9.88 Å². The third-order valence-corrected chi connectivity index (χ3v) is 7.61. The molecule has 0 bridgehead atoms. The van der Waals surface area contributed by atoms with E-state index >= 15 is 0 Å². The maximum atomic E-state index is 13.6. The standard InChI is InChI=1S/C28H28FN5S/c29-23-6-11-27-26(18-23)22(20-32-27)4-1-2-13-33-14-16-34(17-15-33)24-7-9-25(10-8-24)35-28-21(19-30)5-3-12-31-28/h3,5-12,18,20,32H,1-2,4,13-17H2. The summed E-state index contributed by atoms with van der Waals surface area (Å²) in [6.45, 7) is 5.27. The van der Waals surface area contributed by atoms with Gasteiger partial charge >= 0.3 is 0 Å². The quantitative estimate of drug-likeness (QED) is 0.316. The van der Waals surface area contributed by atoms with Crippen LogP contribution in [0.4, 0.5) is 10.1 Å². The van der Waals surface area contributed by atoms with E-state index in [0.717, 1.165) is 72.8 Å². The average molecular weight is 486 g/mol. The normalized spacial score (nSPS) is 14.3. The number of benzene rings is 2. The van der Waals surface area contributed by atoms with Crippen molar-refractivity contribution < 1.29 is 4.39 Å². The van der Waals surface area contributed by atoms with Crippen LogP contribution < -0.4 is 4.90 Å². The number of rotatable bonds is 8. The van der Waals surface area contributed by atoms with Gasteiger partial charge in [0.2, 0.25) is 0 Å². The maximum absolute atomic E-state index is 13.6. The number of nitriles is 1. The second-order valence-corrected chi connectivity index (χ2v) is 9.92. The van der Waals surface area contributed by atoms with Crippen molar-refractivity contribution in [3.8, 4) is 6.07 Å². The summed E-state index contributed by atoms with van der Waals surface area (Å²) in [6.07, 6.45) is 6.96. The number of hydrogen-bond donors (Lipinski definition) is 1. The van der Waals surface area contributed by atoms with Crippen molar-refractivity contribution in [2.24, 2.45) is 0 Å². The van der Waals surface area contributed by atoms with Crippen LogP contribution in [-0.2, 0) is 6.42 Å². The van der Waals surface area contributed by atoms with Crippen molar-refractivity contribution in [3.63, 3.8) is 0 Å². The SMILES string of the molecule is N#Cc1cccnc1Sc1ccc(N2CCN(CCCCc3c[nH]c4ccc(F)cc34)CC2)cc1. The van der Waals surface area contributed by atoms with Crippen LogP contribution in [0.1, 0.15) is 24.0 Å². The maximum Gasteiger partial charge on any atom is 0.123 e. The van der Waals surface area contributed by atoms with Crippen LogP contribution in [0.15, 0.2) is 76.9 Å². The summed E-state index contributed by atoms with van der Waals surface area (Å²) in [6, 6.07) is 19.3. The molecule has 5 rings (SSSR count). The van der Waals surface area contributed by atoms with Crippen molar-refractivity contribution >= 4 is 28.4 Å². The third-order valence-electron chi connectivity index (χ3n) is 6.58. The summed E-state index contributed by atoms with van der Waals surface area (Å²) in [7, 11) is 0. The lowest BCUT2D eigenvalue weighted by atomic mass is 10.1. The zero-order valence-corrected chi connectivity index (χ0v) is 20.4. The Kier molecular flexibility index (Phi) is 7.31. The van der Waals surface area contributed by atoms with Crippen LogP contribution in [0.5, 0.6) is 0 Å². The molecule has 0 amide bonds. The van der Waals surface area contributed by atoms with Crippen LogP contribution in [0.3, 0.4) is 0 Å². The van der Waals surface area contributed by atoms with Gasteiger partial charge in [0.25, 0.3) is 0 Å². The number of hydrogen-bond acceptors (Lipinski definition) is 5. The molecule has 0 radical (unpaired) electrons. The van der Waals surface area contributed by atoms with Crippen LogP contribution in [0.25, 0.3) is 10.9 Å². The molecule has 0 atom stereocenters. The van der Waals surface area contributed by atoms with E-state index in [0.29, 0.717) is 5.56 Å². The number of anilines is 1. The summed E-state index contributed by atoms with van der Waals surface area (Å²) in [5.74, 6) is -0.175. The number of piperazine rings is 1. The summed E-state index contributed by atoms with van der Waals surface area (Å²) in [4.78, 5) is 13.6. The zero-order valence-electron chi connectivity index (χ0n) is 19.6. The molecule has 0 saturated carbocycles. The number of nitrogens with zero attached hydrogens (tertiary/aromatic N) is 4. The zero-order chi connectivity index (χ0) is 24.0. The van der Waals surface area contributed by atoms with Gasteiger partial charge in [-0.2, -0.15) is 5.26 Å². The molecule has 4 aromatic rings. The smallest absolute Gasteiger partial charge is 0.123 e. The van der Waals surface area contributed by atoms with Crippen molar-refractivity contribution in [2.45, 2.75) is 29.2 Å². The van der Waals surface area contributed by atoms with Gasteiger partial charge in [0, 0.05) is 60.1 Å². The van der Waals surface area contributed by atoms with Crippen molar-refractivity contribution in [1.29, 1.82) is 5.26 Å². The minimum Gasteiger partial charge on any atom is -0.369 e. The molecule has 0 aliphatic carbocycles. The largest absolute Gasteiger partial charge is 0.369 e. The van der Waals surface area contributed by atoms with Gasteiger partial charge in [0.1, 0.15) is 16.9 Å². The first-order valence-electron chi connectivity index (χ1n) is 12.1. The highest BCUT2D eigenvalue weighted by Crippen LogP contribution is 2.30. The van der Waals surface area contributed by atoms with Crippen LogP contribution in [0, 0.1) is 17.1 Å². The second kappa shape index (κ2) is 10.9. The topological polar surface area (TPSA) is 59.0 Å². The van der Waals surface area contributed by atoms with Crippen LogP contribution in [-0.4, -0.2) is 47.6 Å². The Morgan fingerprint density at radius 1 is 1.03 bits per heavy atom. The summed E-state index contributed by atoms with van der Waals surface area (Å²) >= 11 is 1.52. The van der Waals surface area contributed by atoms with Gasteiger partial charge in [-0.05, 0) is 86.0 Å².